The maximum atomic E-state index is 13.3. The summed E-state index contributed by atoms with van der Waals surface area (Å²) in [6, 6.07) is -0.966. The fraction of sp³-hybridized carbons (Fsp3) is 0.949. The van der Waals surface area contributed by atoms with Crippen molar-refractivity contribution in [2.24, 2.45) is 0 Å². The van der Waals surface area contributed by atoms with E-state index in [1.807, 2.05) is 6.08 Å². The highest BCUT2D eigenvalue weighted by Gasteiger charge is 2.53. The van der Waals surface area contributed by atoms with E-state index in [1.54, 1.807) is 6.08 Å². The van der Waals surface area contributed by atoms with Gasteiger partial charge in [-0.1, -0.05) is 212 Å². The van der Waals surface area contributed by atoms with Crippen molar-refractivity contribution >= 4 is 5.91 Å². The Kier molecular flexibility index (Phi) is 39.2. The molecule has 0 radical (unpaired) electrons. The molecule has 0 bridgehead atoms. The van der Waals surface area contributed by atoms with E-state index in [1.165, 1.54) is 154 Å². The van der Waals surface area contributed by atoms with Crippen molar-refractivity contribution in [1.82, 2.24) is 5.32 Å². The molecule has 19 heteroatoms. The van der Waals surface area contributed by atoms with Crippen LogP contribution < -0.4 is 5.32 Å². The van der Waals surface area contributed by atoms with Crippen LogP contribution in [-0.4, -0.2) is 193 Å². The van der Waals surface area contributed by atoms with E-state index in [-0.39, 0.29) is 18.9 Å². The molecule has 19 nitrogen and oxygen atoms in total. The Morgan fingerprint density at radius 1 is 0.449 bits per heavy atom. The molecule has 460 valence electrons. The molecule has 3 saturated heterocycles. The predicted octanol–water partition coefficient (Wildman–Crippen LogP) is 5.77. The number of carbonyl (C=O) groups is 1. The van der Waals surface area contributed by atoms with Crippen molar-refractivity contribution in [2.45, 2.75) is 330 Å². The van der Waals surface area contributed by atoms with Crippen LogP contribution >= 0.6 is 0 Å². The Morgan fingerprint density at radius 2 is 0.795 bits per heavy atom. The molecule has 0 aromatic carbocycles. The van der Waals surface area contributed by atoms with Gasteiger partial charge in [0.2, 0.25) is 5.91 Å². The first kappa shape index (κ1) is 70.8. The van der Waals surface area contributed by atoms with Crippen LogP contribution in [0.25, 0.3) is 0 Å². The van der Waals surface area contributed by atoms with Gasteiger partial charge in [-0.25, -0.2) is 0 Å². The van der Waals surface area contributed by atoms with Crippen LogP contribution in [0.3, 0.4) is 0 Å². The van der Waals surface area contributed by atoms with Crippen molar-refractivity contribution in [1.29, 1.82) is 0 Å². The Balaban J connectivity index is 1.48. The maximum Gasteiger partial charge on any atom is 0.220 e. The lowest BCUT2D eigenvalue weighted by molar-refractivity contribution is -0.379. The average molecular weight is 1120 g/mol. The van der Waals surface area contributed by atoms with Crippen molar-refractivity contribution in [3.05, 3.63) is 12.2 Å². The van der Waals surface area contributed by atoms with E-state index in [0.29, 0.717) is 6.42 Å². The molecule has 12 N–H and O–H groups in total. The minimum Gasteiger partial charge on any atom is -0.394 e. The van der Waals surface area contributed by atoms with Gasteiger partial charge in [0.05, 0.1) is 38.6 Å². The molecule has 1 amide bonds. The fourth-order valence-electron chi connectivity index (χ4n) is 10.7. The van der Waals surface area contributed by atoms with Crippen molar-refractivity contribution in [2.75, 3.05) is 26.4 Å². The highest BCUT2D eigenvalue weighted by atomic mass is 16.8. The molecule has 3 aliphatic rings. The summed E-state index contributed by atoms with van der Waals surface area (Å²) < 4.78 is 34.2. The second-order valence-electron chi connectivity index (χ2n) is 22.5. The Hall–Kier alpha value is -1.47. The first-order valence-corrected chi connectivity index (χ1v) is 30.9. The molecule has 0 spiro atoms. The second kappa shape index (κ2) is 43.2. The topological polar surface area (TPSA) is 307 Å². The first-order chi connectivity index (χ1) is 37.8. The number of amides is 1. The molecule has 0 saturated carbocycles. The van der Waals surface area contributed by atoms with Gasteiger partial charge in [-0.3, -0.25) is 4.79 Å². The fourth-order valence-corrected chi connectivity index (χ4v) is 10.7. The van der Waals surface area contributed by atoms with Gasteiger partial charge >= 0.3 is 0 Å². The molecule has 0 aromatic heterocycles. The van der Waals surface area contributed by atoms with Gasteiger partial charge in [-0.15, -0.1) is 0 Å². The molecule has 3 fully saturated rings. The molecule has 6 unspecified atom stereocenters. The van der Waals surface area contributed by atoms with E-state index < -0.39 is 124 Å². The van der Waals surface area contributed by atoms with E-state index in [0.717, 1.165) is 44.9 Å². The molecular formula is C59H111NO18. The number of hydrogen-bond donors (Lipinski definition) is 12. The van der Waals surface area contributed by atoms with Crippen LogP contribution in [0, 0.1) is 0 Å². The summed E-state index contributed by atoms with van der Waals surface area (Å²) in [6.45, 7) is 1.73. The minimum absolute atomic E-state index is 0.249. The van der Waals surface area contributed by atoms with Crippen LogP contribution in [0.4, 0.5) is 0 Å². The maximum absolute atomic E-state index is 13.3. The molecule has 0 aliphatic carbocycles. The Morgan fingerprint density at radius 3 is 1.21 bits per heavy atom. The summed E-state index contributed by atoms with van der Waals surface area (Å²) >= 11 is 0. The van der Waals surface area contributed by atoms with Gasteiger partial charge in [0.25, 0.3) is 0 Å². The number of allylic oxidation sites excluding steroid dienone is 1. The summed E-state index contributed by atoms with van der Waals surface area (Å²) in [5.74, 6) is -0.272. The number of hydrogen-bond acceptors (Lipinski definition) is 18. The highest BCUT2D eigenvalue weighted by Crippen LogP contribution is 2.33. The van der Waals surface area contributed by atoms with Crippen molar-refractivity contribution in [3.8, 4) is 0 Å². The lowest BCUT2D eigenvalue weighted by Crippen LogP contribution is -2.66. The quantitative estimate of drug-likeness (QED) is 0.0254. The molecule has 78 heavy (non-hydrogen) atoms. The van der Waals surface area contributed by atoms with Gasteiger partial charge in [-0.2, -0.15) is 0 Å². The van der Waals surface area contributed by atoms with Crippen LogP contribution in [0.1, 0.15) is 226 Å². The third-order valence-electron chi connectivity index (χ3n) is 15.8. The largest absolute Gasteiger partial charge is 0.394 e. The summed E-state index contributed by atoms with van der Waals surface area (Å²) in [6.07, 6.45) is 16.2. The van der Waals surface area contributed by atoms with Crippen LogP contribution in [-0.2, 0) is 33.2 Å². The Bertz CT molecular complexity index is 1480. The van der Waals surface area contributed by atoms with Crippen molar-refractivity contribution < 1.29 is 89.4 Å². The van der Waals surface area contributed by atoms with Gasteiger partial charge in [0, 0.05) is 6.42 Å². The molecule has 3 rings (SSSR count). The number of nitrogens with one attached hydrogen (secondary N) is 1. The van der Waals surface area contributed by atoms with Crippen LogP contribution in [0.15, 0.2) is 12.2 Å². The Labute approximate surface area is 467 Å². The first-order valence-electron chi connectivity index (χ1n) is 30.9. The van der Waals surface area contributed by atoms with Gasteiger partial charge in [0.15, 0.2) is 18.9 Å². The SMILES string of the molecule is CCCCCCCCCCCCC/C=C/[C@@H](O)[C@H](CO[C@@H]1OC(CO)[C@@H](O[C@@H]2OC(CO)[C@H](O[C@H]3OC(CO)[C@H](O)C(O)[C@@H]3O)[C@@H](O)C2O)[C@@H](O)C1O)NC(=O)CCCCCCCCCCCCCCCCCCCCCC. The number of unbranched alkanes of at least 4 members (excludes halogenated alkanes) is 30. The minimum atomic E-state index is -1.97. The van der Waals surface area contributed by atoms with Crippen LogP contribution in [0.5, 0.6) is 0 Å². The molecule has 17 atom stereocenters. The number of aliphatic hydroxyl groups excluding tert-OH is 11. The highest BCUT2D eigenvalue weighted by molar-refractivity contribution is 5.76. The van der Waals surface area contributed by atoms with Gasteiger partial charge in [-0.05, 0) is 19.3 Å². The zero-order valence-corrected chi connectivity index (χ0v) is 47.9. The van der Waals surface area contributed by atoms with E-state index in [4.69, 9.17) is 28.4 Å². The number of rotatable bonds is 46. The third kappa shape index (κ3) is 26.8. The molecular weight excluding hydrogens is 1010 g/mol. The number of carbonyl (C=O) groups excluding carboxylic acids is 1. The summed E-state index contributed by atoms with van der Waals surface area (Å²) in [5, 5.41) is 120. The van der Waals surface area contributed by atoms with E-state index in [9.17, 15) is 61.0 Å². The zero-order chi connectivity index (χ0) is 56.9. The lowest BCUT2D eigenvalue weighted by Gasteiger charge is -2.48. The van der Waals surface area contributed by atoms with E-state index >= 15 is 0 Å². The number of aliphatic hydroxyl groups is 11. The molecule has 3 aliphatic heterocycles. The molecule has 3 heterocycles. The monoisotopic (exact) mass is 1120 g/mol. The number of ether oxygens (including phenoxy) is 6. The average Bonchev–Trinajstić information content (AvgIpc) is 3.45. The smallest absolute Gasteiger partial charge is 0.220 e. The zero-order valence-electron chi connectivity index (χ0n) is 47.9. The van der Waals surface area contributed by atoms with Crippen LogP contribution in [0.2, 0.25) is 0 Å². The summed E-state index contributed by atoms with van der Waals surface area (Å²) in [4.78, 5) is 13.3. The third-order valence-corrected chi connectivity index (χ3v) is 15.8. The van der Waals surface area contributed by atoms with Gasteiger partial charge in [0.1, 0.15) is 73.2 Å². The van der Waals surface area contributed by atoms with Crippen molar-refractivity contribution in [3.63, 3.8) is 0 Å². The standard InChI is InChI=1S/C59H111NO18/c1-3-5-7-9-11-13-15-17-18-19-20-21-22-23-25-27-29-31-33-35-37-47(65)60-42(43(64)36-34-32-30-28-26-24-16-14-12-10-8-6-4-2)41-73-57-53(71)50(68)55(45(39-62)75-57)78-59-54(72)51(69)56(46(40-63)76-59)77-58-52(70)49(67)48(66)44(38-61)74-58/h34,36,42-46,48-59,61-64,66-72H,3-33,35,37-41H2,1-2H3,(H,60,65)/b36-34+/t42-,43+,44?,45?,46?,48-,49?,50-,51-,52-,53?,54?,55+,56-,57+,58+,59-/m0/s1. The van der Waals surface area contributed by atoms with Gasteiger partial charge < -0.3 is 89.9 Å². The summed E-state index contributed by atoms with van der Waals surface area (Å²) in [5.41, 5.74) is 0. The lowest BCUT2D eigenvalue weighted by atomic mass is 9.96. The molecule has 0 aromatic rings. The normalized spacial score (nSPS) is 30.5. The van der Waals surface area contributed by atoms with E-state index in [2.05, 4.69) is 19.2 Å². The summed E-state index contributed by atoms with van der Waals surface area (Å²) in [7, 11) is 0. The predicted molar refractivity (Wildman–Crippen MR) is 296 cm³/mol. The second-order valence-corrected chi connectivity index (χ2v) is 22.5.